The minimum atomic E-state index is -0.454. The molecule has 1 atom stereocenters. The van der Waals surface area contributed by atoms with Crippen LogP contribution in [0.25, 0.3) is 0 Å². The fraction of sp³-hybridized carbons (Fsp3) is 0.500. The van der Waals surface area contributed by atoms with Gasteiger partial charge in [0.15, 0.2) is 0 Å². The van der Waals surface area contributed by atoms with E-state index in [4.69, 9.17) is 10.5 Å². The zero-order valence-electron chi connectivity index (χ0n) is 12.2. The molecular weight excluding hydrogens is 268 g/mol. The Morgan fingerprint density at radius 3 is 2.52 bits per heavy atom. The predicted molar refractivity (Wildman–Crippen MR) is 78.5 cm³/mol. The molecule has 2 N–H and O–H groups in total. The SMILES string of the molecule is COC(=O)C1CCCN1C(=O)C1(c2ccc(N)cc2)CC1. The Kier molecular flexibility index (Phi) is 3.35. The Labute approximate surface area is 124 Å². The first-order valence-corrected chi connectivity index (χ1v) is 7.33. The molecule has 0 aromatic heterocycles. The number of esters is 1. The average molecular weight is 288 g/mol. The molecule has 3 rings (SSSR count). The number of rotatable bonds is 3. The van der Waals surface area contributed by atoms with Crippen LogP contribution in [0.1, 0.15) is 31.2 Å². The Balaban J connectivity index is 1.84. The lowest BCUT2D eigenvalue weighted by atomic mass is 9.93. The number of hydrogen-bond donors (Lipinski definition) is 1. The van der Waals surface area contributed by atoms with Gasteiger partial charge in [0, 0.05) is 12.2 Å². The second-order valence-corrected chi connectivity index (χ2v) is 5.88. The summed E-state index contributed by atoms with van der Waals surface area (Å²) in [5.41, 5.74) is 6.95. The molecule has 21 heavy (non-hydrogen) atoms. The number of benzene rings is 1. The fourth-order valence-electron chi connectivity index (χ4n) is 3.22. The first kappa shape index (κ1) is 13.9. The summed E-state index contributed by atoms with van der Waals surface area (Å²) in [5.74, 6) is -0.255. The van der Waals surface area contributed by atoms with Crippen LogP contribution in [0.2, 0.25) is 0 Å². The minimum Gasteiger partial charge on any atom is -0.467 e. The number of nitrogens with zero attached hydrogens (tertiary/aromatic N) is 1. The minimum absolute atomic E-state index is 0.0557. The average Bonchev–Trinajstić information content (AvgIpc) is 3.16. The van der Waals surface area contributed by atoms with E-state index in [1.165, 1.54) is 7.11 Å². The van der Waals surface area contributed by atoms with E-state index in [-0.39, 0.29) is 11.9 Å². The highest BCUT2D eigenvalue weighted by Gasteiger charge is 2.55. The summed E-state index contributed by atoms with van der Waals surface area (Å²) in [6.45, 7) is 0.634. The molecule has 1 aliphatic heterocycles. The van der Waals surface area contributed by atoms with Crippen molar-refractivity contribution in [3.05, 3.63) is 29.8 Å². The topological polar surface area (TPSA) is 72.6 Å². The highest BCUT2D eigenvalue weighted by molar-refractivity contribution is 5.94. The van der Waals surface area contributed by atoms with Gasteiger partial charge in [0.05, 0.1) is 12.5 Å². The number of nitrogens with two attached hydrogens (primary N) is 1. The number of carbonyl (C=O) groups is 2. The molecule has 1 aliphatic carbocycles. The van der Waals surface area contributed by atoms with E-state index in [1.54, 1.807) is 4.90 Å². The van der Waals surface area contributed by atoms with Gasteiger partial charge in [-0.1, -0.05) is 12.1 Å². The Morgan fingerprint density at radius 1 is 1.29 bits per heavy atom. The van der Waals surface area contributed by atoms with Crippen molar-refractivity contribution in [3.63, 3.8) is 0 Å². The van der Waals surface area contributed by atoms with Gasteiger partial charge < -0.3 is 15.4 Å². The van der Waals surface area contributed by atoms with Crippen molar-refractivity contribution >= 4 is 17.6 Å². The number of nitrogen functional groups attached to an aromatic ring is 1. The summed E-state index contributed by atoms with van der Waals surface area (Å²) in [6.07, 6.45) is 3.21. The summed E-state index contributed by atoms with van der Waals surface area (Å²) < 4.78 is 4.82. The lowest BCUT2D eigenvalue weighted by Crippen LogP contribution is -2.46. The van der Waals surface area contributed by atoms with Gasteiger partial charge >= 0.3 is 5.97 Å². The molecule has 1 aromatic rings. The van der Waals surface area contributed by atoms with Crippen molar-refractivity contribution in [2.45, 2.75) is 37.1 Å². The molecule has 5 nitrogen and oxygen atoms in total. The van der Waals surface area contributed by atoms with Gasteiger partial charge in [0.1, 0.15) is 6.04 Å². The molecule has 112 valence electrons. The normalized spacial score (nSPS) is 22.9. The van der Waals surface area contributed by atoms with Crippen LogP contribution in [0.15, 0.2) is 24.3 Å². The molecule has 2 aliphatic rings. The van der Waals surface area contributed by atoms with Crippen molar-refractivity contribution in [2.24, 2.45) is 0 Å². The zero-order valence-corrected chi connectivity index (χ0v) is 12.2. The number of anilines is 1. The van der Waals surface area contributed by atoms with Crippen molar-refractivity contribution in [1.29, 1.82) is 0 Å². The van der Waals surface area contributed by atoms with Crippen LogP contribution in [0.5, 0.6) is 0 Å². The standard InChI is InChI=1S/C16H20N2O3/c1-21-14(19)13-3-2-10-18(13)15(20)16(8-9-16)11-4-6-12(17)7-5-11/h4-7,13H,2-3,8-10,17H2,1H3. The van der Waals surface area contributed by atoms with Crippen molar-refractivity contribution in [3.8, 4) is 0 Å². The summed E-state index contributed by atoms with van der Waals surface area (Å²) in [6, 6.07) is 7.07. The molecule has 0 bridgehead atoms. The quantitative estimate of drug-likeness (QED) is 0.675. The van der Waals surface area contributed by atoms with Gasteiger partial charge in [-0.2, -0.15) is 0 Å². The van der Waals surface area contributed by atoms with Gasteiger partial charge in [-0.25, -0.2) is 4.79 Å². The first-order chi connectivity index (χ1) is 10.1. The second kappa shape index (κ2) is 5.06. The molecule has 0 spiro atoms. The molecule has 0 radical (unpaired) electrons. The number of likely N-dealkylation sites (tertiary alicyclic amines) is 1. The number of amides is 1. The molecule has 1 heterocycles. The van der Waals surface area contributed by atoms with Crippen LogP contribution in [0.4, 0.5) is 5.69 Å². The summed E-state index contributed by atoms with van der Waals surface area (Å²) in [4.78, 5) is 26.5. The molecule has 1 unspecified atom stereocenters. The Bertz CT molecular complexity index is 563. The molecule has 2 fully saturated rings. The smallest absolute Gasteiger partial charge is 0.328 e. The van der Waals surface area contributed by atoms with E-state index < -0.39 is 11.5 Å². The summed E-state index contributed by atoms with van der Waals surface area (Å²) in [5, 5.41) is 0. The molecule has 1 saturated carbocycles. The van der Waals surface area contributed by atoms with Crippen LogP contribution in [-0.4, -0.2) is 36.5 Å². The molecule has 5 heteroatoms. The maximum Gasteiger partial charge on any atom is 0.328 e. The van der Waals surface area contributed by atoms with E-state index in [9.17, 15) is 9.59 Å². The highest BCUT2D eigenvalue weighted by atomic mass is 16.5. The number of methoxy groups -OCH3 is 1. The van der Waals surface area contributed by atoms with E-state index in [0.717, 1.165) is 24.8 Å². The van der Waals surface area contributed by atoms with Crippen molar-refractivity contribution in [2.75, 3.05) is 19.4 Å². The van der Waals surface area contributed by atoms with Gasteiger partial charge in [0.2, 0.25) is 5.91 Å². The largest absolute Gasteiger partial charge is 0.467 e. The molecule has 1 aromatic carbocycles. The van der Waals surface area contributed by atoms with E-state index in [2.05, 4.69) is 0 Å². The van der Waals surface area contributed by atoms with Gasteiger partial charge in [-0.15, -0.1) is 0 Å². The number of carbonyl (C=O) groups excluding carboxylic acids is 2. The van der Waals surface area contributed by atoms with Gasteiger partial charge in [-0.3, -0.25) is 4.79 Å². The monoisotopic (exact) mass is 288 g/mol. The maximum atomic E-state index is 12.9. The Hall–Kier alpha value is -2.04. The van der Waals surface area contributed by atoms with E-state index in [0.29, 0.717) is 18.7 Å². The van der Waals surface area contributed by atoms with Crippen LogP contribution < -0.4 is 5.73 Å². The third-order valence-corrected chi connectivity index (χ3v) is 4.61. The van der Waals surface area contributed by atoms with Gasteiger partial charge in [0.25, 0.3) is 0 Å². The summed E-state index contributed by atoms with van der Waals surface area (Å²) >= 11 is 0. The van der Waals surface area contributed by atoms with Crippen molar-refractivity contribution in [1.82, 2.24) is 4.90 Å². The van der Waals surface area contributed by atoms with Crippen LogP contribution in [0, 0.1) is 0 Å². The predicted octanol–water partition coefficient (Wildman–Crippen LogP) is 1.46. The molecular formula is C16H20N2O3. The Morgan fingerprint density at radius 2 is 1.95 bits per heavy atom. The number of ether oxygens (including phenoxy) is 1. The first-order valence-electron chi connectivity index (χ1n) is 7.33. The molecule has 1 saturated heterocycles. The molecule has 1 amide bonds. The third-order valence-electron chi connectivity index (χ3n) is 4.61. The van der Waals surface area contributed by atoms with E-state index in [1.807, 2.05) is 24.3 Å². The summed E-state index contributed by atoms with van der Waals surface area (Å²) in [7, 11) is 1.37. The lowest BCUT2D eigenvalue weighted by molar-refractivity contribution is -0.151. The van der Waals surface area contributed by atoms with Crippen molar-refractivity contribution < 1.29 is 14.3 Å². The second-order valence-electron chi connectivity index (χ2n) is 5.88. The maximum absolute atomic E-state index is 12.9. The van der Waals surface area contributed by atoms with Crippen LogP contribution in [-0.2, 0) is 19.7 Å². The van der Waals surface area contributed by atoms with E-state index >= 15 is 0 Å². The lowest BCUT2D eigenvalue weighted by Gasteiger charge is -2.27. The van der Waals surface area contributed by atoms with Crippen LogP contribution >= 0.6 is 0 Å². The fourth-order valence-corrected chi connectivity index (χ4v) is 3.22. The van der Waals surface area contributed by atoms with Crippen LogP contribution in [0.3, 0.4) is 0 Å². The zero-order chi connectivity index (χ0) is 15.0. The highest BCUT2D eigenvalue weighted by Crippen LogP contribution is 2.50. The van der Waals surface area contributed by atoms with Gasteiger partial charge in [-0.05, 0) is 43.4 Å². The third kappa shape index (κ3) is 2.26. The number of hydrogen-bond acceptors (Lipinski definition) is 4.